The van der Waals surface area contributed by atoms with Gasteiger partial charge in [-0.2, -0.15) is 0 Å². The SMILES string of the molecule is C=C/C=c1\c(=C)ccc2c3ccc(-c4ccc5cc(-c6ccc7c(c6)C(C)(C)c6ccccc6-7)ccc5c4)cc3n3c4ccccc4nc3c12. The lowest BCUT2D eigenvalue weighted by Gasteiger charge is -2.22. The maximum atomic E-state index is 5.17. The van der Waals surface area contributed by atoms with Crippen LogP contribution in [0.1, 0.15) is 25.0 Å². The highest BCUT2D eigenvalue weighted by molar-refractivity contribution is 6.14. The van der Waals surface area contributed by atoms with Gasteiger partial charge < -0.3 is 0 Å². The van der Waals surface area contributed by atoms with Crippen LogP contribution in [0.3, 0.4) is 0 Å². The van der Waals surface area contributed by atoms with Crippen molar-refractivity contribution in [2.24, 2.45) is 0 Å². The Bertz CT molecular complexity index is 3050. The van der Waals surface area contributed by atoms with Crippen LogP contribution in [0.4, 0.5) is 0 Å². The number of allylic oxidation sites excluding steroid dienone is 1. The molecule has 0 radical (unpaired) electrons. The third-order valence-corrected chi connectivity index (χ3v) is 11.0. The Kier molecular flexibility index (Phi) is 5.96. The van der Waals surface area contributed by atoms with Crippen LogP contribution in [0.2, 0.25) is 0 Å². The smallest absolute Gasteiger partial charge is 0.147 e. The van der Waals surface area contributed by atoms with Crippen LogP contribution in [-0.2, 0) is 5.41 Å². The highest BCUT2D eigenvalue weighted by atomic mass is 15.0. The predicted molar refractivity (Wildman–Crippen MR) is 213 cm³/mol. The average Bonchev–Trinajstić information content (AvgIpc) is 3.65. The molecule has 2 heterocycles. The molecule has 0 atom stereocenters. The first-order chi connectivity index (χ1) is 24.4. The fraction of sp³-hybridized carbons (Fsp3) is 0.0625. The van der Waals surface area contributed by atoms with Crippen molar-refractivity contribution in [2.75, 3.05) is 0 Å². The van der Waals surface area contributed by atoms with E-state index in [0.717, 1.165) is 38.0 Å². The van der Waals surface area contributed by atoms with Crippen molar-refractivity contribution in [1.29, 1.82) is 0 Å². The predicted octanol–water partition coefficient (Wildman–Crippen LogP) is 11.0. The molecule has 7 aromatic carbocycles. The van der Waals surface area contributed by atoms with Gasteiger partial charge in [0.2, 0.25) is 0 Å². The van der Waals surface area contributed by atoms with Crippen LogP contribution in [0.15, 0.2) is 146 Å². The molecule has 10 rings (SSSR count). The van der Waals surface area contributed by atoms with Crippen molar-refractivity contribution in [2.45, 2.75) is 19.3 Å². The van der Waals surface area contributed by atoms with Crippen molar-refractivity contribution in [3.05, 3.63) is 168 Å². The molecule has 0 unspecified atom stereocenters. The number of nitrogens with zero attached hydrogens (tertiary/aromatic N) is 2. The van der Waals surface area contributed by atoms with Gasteiger partial charge in [0, 0.05) is 16.2 Å². The maximum absolute atomic E-state index is 5.17. The molecule has 0 fully saturated rings. The normalized spacial score (nSPS) is 13.8. The molecule has 0 amide bonds. The number of benzene rings is 7. The van der Waals surface area contributed by atoms with Gasteiger partial charge in [-0.15, -0.1) is 0 Å². The number of hydrogen-bond acceptors (Lipinski definition) is 1. The zero-order valence-corrected chi connectivity index (χ0v) is 28.2. The summed E-state index contributed by atoms with van der Waals surface area (Å²) < 4.78 is 2.32. The quantitative estimate of drug-likeness (QED) is 0.176. The minimum atomic E-state index is -0.0170. The summed E-state index contributed by atoms with van der Waals surface area (Å²) in [6.07, 6.45) is 3.89. The van der Waals surface area contributed by atoms with Crippen LogP contribution in [-0.4, -0.2) is 9.38 Å². The third kappa shape index (κ3) is 3.99. The van der Waals surface area contributed by atoms with Crippen molar-refractivity contribution in [1.82, 2.24) is 9.38 Å². The Hall–Kier alpha value is -6.25. The summed E-state index contributed by atoms with van der Waals surface area (Å²) in [5.74, 6) is 0. The zero-order chi connectivity index (χ0) is 33.7. The van der Waals surface area contributed by atoms with Gasteiger partial charge in [-0.3, -0.25) is 4.40 Å². The van der Waals surface area contributed by atoms with Gasteiger partial charge in [0.1, 0.15) is 5.65 Å². The van der Waals surface area contributed by atoms with Gasteiger partial charge in [0.25, 0.3) is 0 Å². The van der Waals surface area contributed by atoms with Gasteiger partial charge in [-0.1, -0.05) is 136 Å². The molecule has 0 N–H and O–H groups in total. The number of rotatable bonds is 3. The van der Waals surface area contributed by atoms with E-state index in [1.807, 2.05) is 6.08 Å². The monoisotopic (exact) mass is 638 g/mol. The summed E-state index contributed by atoms with van der Waals surface area (Å²) in [5, 5.41) is 7.94. The van der Waals surface area contributed by atoms with Crippen molar-refractivity contribution < 1.29 is 0 Å². The molecule has 0 aliphatic heterocycles. The van der Waals surface area contributed by atoms with E-state index in [1.54, 1.807) is 0 Å². The molecule has 236 valence electrons. The molecule has 2 nitrogen and oxygen atoms in total. The van der Waals surface area contributed by atoms with Crippen LogP contribution >= 0.6 is 0 Å². The zero-order valence-electron chi connectivity index (χ0n) is 28.2. The lowest BCUT2D eigenvalue weighted by Crippen LogP contribution is -2.24. The van der Waals surface area contributed by atoms with E-state index >= 15 is 0 Å². The summed E-state index contributed by atoms with van der Waals surface area (Å²) in [5.41, 5.74) is 14.5. The second-order valence-electron chi connectivity index (χ2n) is 14.2. The van der Waals surface area contributed by atoms with Crippen LogP contribution in [0.5, 0.6) is 0 Å². The van der Waals surface area contributed by atoms with E-state index in [0.29, 0.717) is 0 Å². The summed E-state index contributed by atoms with van der Waals surface area (Å²) in [6, 6.07) is 49.1. The average molecular weight is 639 g/mol. The molecule has 2 aromatic heterocycles. The summed E-state index contributed by atoms with van der Waals surface area (Å²) >= 11 is 0. The van der Waals surface area contributed by atoms with Crippen molar-refractivity contribution in [3.8, 4) is 33.4 Å². The second kappa shape index (κ2) is 10.4. The molecule has 0 spiro atoms. The highest BCUT2D eigenvalue weighted by Gasteiger charge is 2.35. The lowest BCUT2D eigenvalue weighted by molar-refractivity contribution is 0.660. The van der Waals surface area contributed by atoms with Crippen molar-refractivity contribution >= 4 is 61.8 Å². The van der Waals surface area contributed by atoms with Gasteiger partial charge in [-0.05, 0) is 108 Å². The molecule has 1 aliphatic carbocycles. The Balaban J connectivity index is 1.11. The first-order valence-corrected chi connectivity index (χ1v) is 17.3. The Morgan fingerprint density at radius 1 is 0.600 bits per heavy atom. The first-order valence-electron chi connectivity index (χ1n) is 17.3. The molecular formula is C48H34N2. The second-order valence-corrected chi connectivity index (χ2v) is 14.2. The standard InChI is InChI=1S/C48H34N2/c1-5-10-36-29(2)15-22-40-39-24-21-35(28-45(39)50-44-14-9-8-13-43(44)49-47(50)46(36)40)33-19-17-30-25-32(18-16-31(30)26-33)34-20-23-38-37-11-6-7-12-41(37)48(3,4)42(38)27-34/h5-28H,1-2H2,3-4H3/b36-10+. The largest absolute Gasteiger partial charge is 0.292 e. The molecule has 2 heteroatoms. The third-order valence-electron chi connectivity index (χ3n) is 11.0. The highest BCUT2D eigenvalue weighted by Crippen LogP contribution is 2.49. The van der Waals surface area contributed by atoms with E-state index in [4.69, 9.17) is 4.98 Å². The number of pyridine rings is 1. The number of aromatic nitrogens is 2. The summed E-state index contributed by atoms with van der Waals surface area (Å²) in [4.78, 5) is 5.17. The van der Waals surface area contributed by atoms with Gasteiger partial charge in [-0.25, -0.2) is 4.98 Å². The fourth-order valence-electron chi connectivity index (χ4n) is 8.49. The first kappa shape index (κ1) is 28.7. The lowest BCUT2D eigenvalue weighted by atomic mass is 9.81. The van der Waals surface area contributed by atoms with Crippen LogP contribution < -0.4 is 10.4 Å². The number of hydrogen-bond donors (Lipinski definition) is 0. The Labute approximate surface area is 290 Å². The molecular weight excluding hydrogens is 605 g/mol. The molecule has 0 bridgehead atoms. The molecule has 0 saturated heterocycles. The van der Waals surface area contributed by atoms with Crippen molar-refractivity contribution in [3.63, 3.8) is 0 Å². The number of fused-ring (bicyclic) bond motifs is 12. The van der Waals surface area contributed by atoms with Crippen LogP contribution in [0.25, 0.3) is 95.2 Å². The van der Waals surface area contributed by atoms with Gasteiger partial charge in [0.15, 0.2) is 0 Å². The molecule has 50 heavy (non-hydrogen) atoms. The fourth-order valence-corrected chi connectivity index (χ4v) is 8.49. The minimum Gasteiger partial charge on any atom is -0.292 e. The Morgan fingerprint density at radius 2 is 1.24 bits per heavy atom. The molecule has 9 aromatic rings. The van der Waals surface area contributed by atoms with Crippen LogP contribution in [0, 0.1) is 0 Å². The van der Waals surface area contributed by atoms with Gasteiger partial charge >= 0.3 is 0 Å². The summed E-state index contributed by atoms with van der Waals surface area (Å²) in [6.45, 7) is 13.0. The van der Waals surface area contributed by atoms with Gasteiger partial charge in [0.05, 0.1) is 16.6 Å². The summed E-state index contributed by atoms with van der Waals surface area (Å²) in [7, 11) is 0. The minimum absolute atomic E-state index is 0.0170. The topological polar surface area (TPSA) is 17.3 Å². The Morgan fingerprint density at radius 3 is 2.04 bits per heavy atom. The van der Waals surface area contributed by atoms with E-state index in [1.165, 1.54) is 66.1 Å². The molecule has 1 aliphatic rings. The number of imidazole rings is 1. The number of para-hydroxylation sites is 2. The van der Waals surface area contributed by atoms with E-state index in [-0.39, 0.29) is 5.41 Å². The maximum Gasteiger partial charge on any atom is 0.147 e. The van der Waals surface area contributed by atoms with E-state index in [9.17, 15) is 0 Å². The van der Waals surface area contributed by atoms with E-state index in [2.05, 4.69) is 171 Å². The van der Waals surface area contributed by atoms with E-state index < -0.39 is 0 Å². The molecule has 0 saturated carbocycles.